The number of imide groups is 1. The third-order valence-electron chi connectivity index (χ3n) is 7.39. The Kier molecular flexibility index (Phi) is 8.58. The SMILES string of the molecule is O=C1NC(=O)/C(=C/c2ccnc(N3CCC(CNCc4ccccc4-c4ccc(Oc5ccccc5)cc4)CC3)n2)S1. The number of thioether (sulfide) groups is 1. The van der Waals surface area contributed by atoms with Crippen molar-refractivity contribution in [3.05, 3.63) is 107 Å². The van der Waals surface area contributed by atoms with E-state index in [0.717, 1.165) is 67.8 Å². The Bertz CT molecular complexity index is 1590. The van der Waals surface area contributed by atoms with Crippen molar-refractivity contribution in [2.75, 3.05) is 24.5 Å². The van der Waals surface area contributed by atoms with E-state index in [1.807, 2.05) is 42.5 Å². The van der Waals surface area contributed by atoms with Gasteiger partial charge in [-0.1, -0.05) is 54.6 Å². The Balaban J connectivity index is 1.01. The van der Waals surface area contributed by atoms with Crippen molar-refractivity contribution < 1.29 is 14.3 Å². The molecule has 2 aliphatic rings. The van der Waals surface area contributed by atoms with E-state index >= 15 is 0 Å². The van der Waals surface area contributed by atoms with Crippen molar-refractivity contribution in [2.24, 2.45) is 5.92 Å². The quantitative estimate of drug-likeness (QED) is 0.225. The minimum atomic E-state index is -0.382. The highest BCUT2D eigenvalue weighted by Crippen LogP contribution is 2.29. The zero-order valence-electron chi connectivity index (χ0n) is 23.0. The minimum Gasteiger partial charge on any atom is -0.457 e. The second-order valence-corrected chi connectivity index (χ2v) is 11.3. The molecule has 0 bridgehead atoms. The van der Waals surface area contributed by atoms with Crippen molar-refractivity contribution in [2.45, 2.75) is 19.4 Å². The second kappa shape index (κ2) is 13.0. The number of benzene rings is 3. The van der Waals surface area contributed by atoms with Crippen LogP contribution < -0.4 is 20.3 Å². The monoisotopic (exact) mass is 577 g/mol. The smallest absolute Gasteiger partial charge is 0.290 e. The number of nitrogens with zero attached hydrogens (tertiary/aromatic N) is 3. The van der Waals surface area contributed by atoms with Gasteiger partial charge in [-0.05, 0) is 90.2 Å². The van der Waals surface area contributed by atoms with E-state index in [1.54, 1.807) is 18.3 Å². The van der Waals surface area contributed by atoms with E-state index < -0.39 is 0 Å². The molecular formula is C33H31N5O3S. The molecule has 1 aromatic heterocycles. The van der Waals surface area contributed by atoms with Crippen molar-refractivity contribution in [1.29, 1.82) is 0 Å². The van der Waals surface area contributed by atoms with Crippen LogP contribution in [0.25, 0.3) is 17.2 Å². The van der Waals surface area contributed by atoms with Crippen LogP contribution in [0.5, 0.6) is 11.5 Å². The van der Waals surface area contributed by atoms with Crippen LogP contribution in [0.2, 0.25) is 0 Å². The van der Waals surface area contributed by atoms with Crippen molar-refractivity contribution in [3.8, 4) is 22.6 Å². The number of anilines is 1. The number of nitrogens with one attached hydrogen (secondary N) is 2. The van der Waals surface area contributed by atoms with Crippen molar-refractivity contribution >= 4 is 34.9 Å². The number of amides is 2. The van der Waals surface area contributed by atoms with Gasteiger partial charge in [0.25, 0.3) is 11.1 Å². The molecule has 8 nitrogen and oxygen atoms in total. The van der Waals surface area contributed by atoms with Gasteiger partial charge in [0, 0.05) is 25.8 Å². The highest BCUT2D eigenvalue weighted by atomic mass is 32.2. The topological polar surface area (TPSA) is 96.5 Å². The molecule has 2 N–H and O–H groups in total. The zero-order valence-corrected chi connectivity index (χ0v) is 23.8. The largest absolute Gasteiger partial charge is 0.457 e. The number of rotatable bonds is 9. The molecule has 212 valence electrons. The van der Waals surface area contributed by atoms with Crippen LogP contribution in [0.4, 0.5) is 10.7 Å². The fourth-order valence-corrected chi connectivity index (χ4v) is 5.85. The van der Waals surface area contributed by atoms with Gasteiger partial charge in [0.05, 0.1) is 10.6 Å². The molecule has 0 unspecified atom stereocenters. The summed E-state index contributed by atoms with van der Waals surface area (Å²) >= 11 is 0.892. The van der Waals surface area contributed by atoms with E-state index in [-0.39, 0.29) is 11.1 Å². The van der Waals surface area contributed by atoms with Gasteiger partial charge in [-0.2, -0.15) is 0 Å². The lowest BCUT2D eigenvalue weighted by Crippen LogP contribution is -2.38. The third kappa shape index (κ3) is 6.87. The summed E-state index contributed by atoms with van der Waals surface area (Å²) in [5.74, 6) is 2.48. The normalized spacial score (nSPS) is 16.6. The maximum absolute atomic E-state index is 11.9. The molecule has 3 aromatic carbocycles. The summed E-state index contributed by atoms with van der Waals surface area (Å²) in [7, 11) is 0. The van der Waals surface area contributed by atoms with Crippen LogP contribution in [0, 0.1) is 5.92 Å². The number of hydrogen-bond acceptors (Lipinski definition) is 8. The molecule has 0 spiro atoms. The van der Waals surface area contributed by atoms with E-state index in [2.05, 4.69) is 61.9 Å². The number of carbonyl (C=O) groups excluding carboxylic acids is 2. The molecule has 3 heterocycles. The fourth-order valence-electron chi connectivity index (χ4n) is 5.18. The standard InChI is InChI=1S/C33H31N5O3S/c39-31-30(42-33(40)37-31)20-26-14-17-35-32(36-26)38-18-15-23(16-19-38)21-34-22-25-6-4-5-9-29(25)24-10-12-28(13-11-24)41-27-7-2-1-3-8-27/h1-14,17,20,23,34H,15-16,18-19,21-22H2,(H,37,39,40)/b30-20-. The van der Waals surface area contributed by atoms with Gasteiger partial charge in [0.15, 0.2) is 0 Å². The Morgan fingerprint density at radius 2 is 1.67 bits per heavy atom. The first kappa shape index (κ1) is 27.7. The molecule has 2 fully saturated rings. The number of ether oxygens (including phenoxy) is 1. The average Bonchev–Trinajstić information content (AvgIpc) is 3.34. The Morgan fingerprint density at radius 1 is 0.929 bits per heavy atom. The lowest BCUT2D eigenvalue weighted by molar-refractivity contribution is -0.115. The lowest BCUT2D eigenvalue weighted by atomic mass is 9.96. The van der Waals surface area contributed by atoms with Crippen LogP contribution in [-0.4, -0.2) is 40.7 Å². The van der Waals surface area contributed by atoms with Gasteiger partial charge >= 0.3 is 0 Å². The molecule has 0 radical (unpaired) electrons. The zero-order chi connectivity index (χ0) is 28.7. The molecule has 0 saturated carbocycles. The molecule has 0 atom stereocenters. The van der Waals surface area contributed by atoms with E-state index in [9.17, 15) is 9.59 Å². The molecule has 0 aliphatic carbocycles. The Morgan fingerprint density at radius 3 is 2.43 bits per heavy atom. The predicted molar refractivity (Wildman–Crippen MR) is 166 cm³/mol. The fraction of sp³-hybridized carbons (Fsp3) is 0.212. The van der Waals surface area contributed by atoms with E-state index in [0.29, 0.717) is 22.5 Å². The second-order valence-electron chi connectivity index (χ2n) is 10.3. The van der Waals surface area contributed by atoms with Crippen LogP contribution >= 0.6 is 11.8 Å². The number of hydrogen-bond donors (Lipinski definition) is 2. The van der Waals surface area contributed by atoms with Gasteiger partial charge in [-0.25, -0.2) is 9.97 Å². The summed E-state index contributed by atoms with van der Waals surface area (Å²) in [4.78, 5) is 34.9. The highest BCUT2D eigenvalue weighted by Gasteiger charge is 2.26. The Hall–Kier alpha value is -4.47. The highest BCUT2D eigenvalue weighted by molar-refractivity contribution is 8.18. The number of piperidine rings is 1. The van der Waals surface area contributed by atoms with Gasteiger partial charge in [-0.3, -0.25) is 14.9 Å². The van der Waals surface area contributed by atoms with Gasteiger partial charge in [0.2, 0.25) is 5.95 Å². The summed E-state index contributed by atoms with van der Waals surface area (Å²) in [6, 6.07) is 28.3. The van der Waals surface area contributed by atoms with Gasteiger partial charge < -0.3 is 15.0 Å². The first-order valence-electron chi connectivity index (χ1n) is 14.1. The van der Waals surface area contributed by atoms with Gasteiger partial charge in [0.1, 0.15) is 11.5 Å². The van der Waals surface area contributed by atoms with E-state index in [4.69, 9.17) is 4.74 Å². The molecule has 42 heavy (non-hydrogen) atoms. The summed E-state index contributed by atoms with van der Waals surface area (Å²) < 4.78 is 5.95. The van der Waals surface area contributed by atoms with Crippen molar-refractivity contribution in [3.63, 3.8) is 0 Å². The third-order valence-corrected chi connectivity index (χ3v) is 8.20. The summed E-state index contributed by atoms with van der Waals surface area (Å²) in [6.07, 6.45) is 5.42. The first-order chi connectivity index (χ1) is 20.6. The maximum Gasteiger partial charge on any atom is 0.290 e. The average molecular weight is 578 g/mol. The van der Waals surface area contributed by atoms with Crippen molar-refractivity contribution in [1.82, 2.24) is 20.6 Å². The summed E-state index contributed by atoms with van der Waals surface area (Å²) in [5, 5.41) is 5.60. The van der Waals surface area contributed by atoms with Crippen LogP contribution in [0.3, 0.4) is 0 Å². The lowest BCUT2D eigenvalue weighted by Gasteiger charge is -2.32. The van der Waals surface area contributed by atoms with Crippen LogP contribution in [0.15, 0.2) is 96.0 Å². The molecule has 2 aliphatic heterocycles. The molecule has 9 heteroatoms. The summed E-state index contributed by atoms with van der Waals surface area (Å²) in [5.41, 5.74) is 4.27. The minimum absolute atomic E-state index is 0.352. The predicted octanol–water partition coefficient (Wildman–Crippen LogP) is 6.27. The summed E-state index contributed by atoms with van der Waals surface area (Å²) in [6.45, 7) is 3.48. The molecule has 6 rings (SSSR count). The number of aromatic nitrogens is 2. The first-order valence-corrected chi connectivity index (χ1v) is 14.9. The van der Waals surface area contributed by atoms with Gasteiger partial charge in [-0.15, -0.1) is 0 Å². The van der Waals surface area contributed by atoms with E-state index in [1.165, 1.54) is 11.1 Å². The molecule has 4 aromatic rings. The number of para-hydroxylation sites is 1. The molecular weight excluding hydrogens is 546 g/mol. The number of carbonyl (C=O) groups is 2. The molecule has 2 amide bonds. The van der Waals surface area contributed by atoms with Crippen LogP contribution in [0.1, 0.15) is 24.1 Å². The van der Waals surface area contributed by atoms with Crippen LogP contribution in [-0.2, 0) is 11.3 Å². The maximum atomic E-state index is 11.9. The Labute approximate surface area is 249 Å². The molecule has 2 saturated heterocycles.